The molecule has 7 heteroatoms. The summed E-state index contributed by atoms with van der Waals surface area (Å²) in [7, 11) is 0. The lowest BCUT2D eigenvalue weighted by molar-refractivity contribution is -0.123. The Bertz CT molecular complexity index is 1020. The smallest absolute Gasteiger partial charge is 0.264 e. The molecule has 146 valence electrons. The van der Waals surface area contributed by atoms with Gasteiger partial charge in [0.2, 0.25) is 5.91 Å². The lowest BCUT2D eigenvalue weighted by Gasteiger charge is -2.18. The average Bonchev–Trinajstić information content (AvgIpc) is 3.00. The van der Waals surface area contributed by atoms with E-state index in [0.717, 1.165) is 15.8 Å². The number of aryl methyl sites for hydroxylation is 1. The van der Waals surface area contributed by atoms with Crippen LogP contribution >= 0.6 is 11.3 Å². The highest BCUT2D eigenvalue weighted by Crippen LogP contribution is 2.26. The number of benzene rings is 2. The number of amides is 2. The van der Waals surface area contributed by atoms with E-state index < -0.39 is 5.41 Å². The van der Waals surface area contributed by atoms with Gasteiger partial charge in [0, 0.05) is 17.2 Å². The number of hydrogen-bond acceptors (Lipinski definition) is 5. The van der Waals surface area contributed by atoms with Crippen molar-refractivity contribution < 1.29 is 14.3 Å². The van der Waals surface area contributed by atoms with E-state index in [9.17, 15) is 9.59 Å². The Hall–Kier alpha value is -2.93. The molecule has 6 nitrogen and oxygen atoms in total. The standard InChI is InChI=1S/C21H23N3O3S/c1-13-8-9-16-17(10-13)28-20(23-16)24-18(25)12-27-15-7-5-6-14(11-15)22-19(26)21(2,3)4/h5-11H,12H2,1-4H3,(H,22,26)(H,23,24,25). The van der Waals surface area contributed by atoms with E-state index in [1.165, 1.54) is 11.3 Å². The molecule has 0 fully saturated rings. The van der Waals surface area contributed by atoms with Crippen LogP contribution < -0.4 is 15.4 Å². The molecule has 1 aromatic heterocycles. The van der Waals surface area contributed by atoms with Gasteiger partial charge in [-0.2, -0.15) is 0 Å². The van der Waals surface area contributed by atoms with Crippen LogP contribution in [-0.4, -0.2) is 23.4 Å². The molecule has 0 bridgehead atoms. The third kappa shape index (κ3) is 5.07. The van der Waals surface area contributed by atoms with Gasteiger partial charge in [-0.3, -0.25) is 14.9 Å². The van der Waals surface area contributed by atoms with Crippen molar-refractivity contribution in [3.8, 4) is 5.75 Å². The largest absolute Gasteiger partial charge is 0.484 e. The maximum Gasteiger partial charge on any atom is 0.264 e. The first kappa shape index (κ1) is 19.8. The van der Waals surface area contributed by atoms with Crippen molar-refractivity contribution in [3.05, 3.63) is 48.0 Å². The number of fused-ring (bicyclic) bond motifs is 1. The van der Waals surface area contributed by atoms with Crippen LogP contribution in [0.5, 0.6) is 5.75 Å². The van der Waals surface area contributed by atoms with Crippen LogP contribution in [0.2, 0.25) is 0 Å². The molecule has 1 heterocycles. The number of anilines is 2. The van der Waals surface area contributed by atoms with Crippen molar-refractivity contribution in [2.75, 3.05) is 17.2 Å². The fourth-order valence-electron chi connectivity index (χ4n) is 2.37. The summed E-state index contributed by atoms with van der Waals surface area (Å²) in [6, 6.07) is 12.9. The molecule has 3 aromatic rings. The highest BCUT2D eigenvalue weighted by atomic mass is 32.1. The quantitative estimate of drug-likeness (QED) is 0.659. The second kappa shape index (κ2) is 7.98. The molecule has 0 aliphatic carbocycles. The summed E-state index contributed by atoms with van der Waals surface area (Å²) in [6.45, 7) is 7.40. The van der Waals surface area contributed by atoms with E-state index in [4.69, 9.17) is 4.74 Å². The molecule has 28 heavy (non-hydrogen) atoms. The monoisotopic (exact) mass is 397 g/mol. The summed E-state index contributed by atoms with van der Waals surface area (Å²) in [4.78, 5) is 28.7. The molecule has 2 N–H and O–H groups in total. The molecule has 0 atom stereocenters. The summed E-state index contributed by atoms with van der Waals surface area (Å²) >= 11 is 1.43. The predicted octanol–water partition coefficient (Wildman–Crippen LogP) is 4.61. The number of aromatic nitrogens is 1. The minimum atomic E-state index is -0.494. The second-order valence-electron chi connectivity index (χ2n) is 7.56. The summed E-state index contributed by atoms with van der Waals surface area (Å²) in [5.41, 5.74) is 2.14. The molecule has 0 spiro atoms. The normalized spacial score (nSPS) is 11.3. The Kier molecular flexibility index (Phi) is 5.65. The second-order valence-corrected chi connectivity index (χ2v) is 8.59. The Morgan fingerprint density at radius 2 is 1.89 bits per heavy atom. The number of nitrogens with zero attached hydrogens (tertiary/aromatic N) is 1. The SMILES string of the molecule is Cc1ccc2nc(NC(=O)COc3cccc(NC(=O)C(C)(C)C)c3)sc2c1. The Balaban J connectivity index is 1.58. The molecule has 2 aromatic carbocycles. The maximum atomic E-state index is 12.2. The number of carbonyl (C=O) groups excluding carboxylic acids is 2. The van der Waals surface area contributed by atoms with Crippen molar-refractivity contribution in [2.24, 2.45) is 5.41 Å². The predicted molar refractivity (Wildman–Crippen MR) is 113 cm³/mol. The van der Waals surface area contributed by atoms with Crippen LogP contribution in [0, 0.1) is 12.3 Å². The van der Waals surface area contributed by atoms with Crippen LogP contribution in [0.4, 0.5) is 10.8 Å². The molecular formula is C21H23N3O3S. The van der Waals surface area contributed by atoms with Crippen LogP contribution in [0.1, 0.15) is 26.3 Å². The number of rotatable bonds is 5. The Labute approximate surface area is 167 Å². The van der Waals surface area contributed by atoms with Gasteiger partial charge in [-0.05, 0) is 36.8 Å². The topological polar surface area (TPSA) is 80.3 Å². The zero-order chi connectivity index (χ0) is 20.3. The van der Waals surface area contributed by atoms with Gasteiger partial charge in [0.15, 0.2) is 11.7 Å². The lowest BCUT2D eigenvalue weighted by Crippen LogP contribution is -2.27. The fourth-order valence-corrected chi connectivity index (χ4v) is 3.35. The summed E-state index contributed by atoms with van der Waals surface area (Å²) in [6.07, 6.45) is 0. The van der Waals surface area contributed by atoms with E-state index >= 15 is 0 Å². The van der Waals surface area contributed by atoms with Crippen molar-refractivity contribution in [2.45, 2.75) is 27.7 Å². The Morgan fingerprint density at radius 3 is 2.64 bits per heavy atom. The zero-order valence-electron chi connectivity index (χ0n) is 16.3. The third-order valence-electron chi connectivity index (χ3n) is 3.93. The van der Waals surface area contributed by atoms with Gasteiger partial charge in [0.1, 0.15) is 5.75 Å². The van der Waals surface area contributed by atoms with Gasteiger partial charge < -0.3 is 10.1 Å². The first-order valence-electron chi connectivity index (χ1n) is 8.92. The van der Waals surface area contributed by atoms with Crippen molar-refractivity contribution in [3.63, 3.8) is 0 Å². The minimum Gasteiger partial charge on any atom is -0.484 e. The molecule has 0 aliphatic heterocycles. The van der Waals surface area contributed by atoms with Crippen molar-refractivity contribution in [1.82, 2.24) is 4.98 Å². The molecule has 0 aliphatic rings. The molecule has 0 saturated heterocycles. The number of hydrogen-bond donors (Lipinski definition) is 2. The molecule has 0 radical (unpaired) electrons. The summed E-state index contributed by atoms with van der Waals surface area (Å²) < 4.78 is 6.58. The molecular weight excluding hydrogens is 374 g/mol. The van der Waals surface area contributed by atoms with E-state index in [1.54, 1.807) is 24.3 Å². The van der Waals surface area contributed by atoms with Crippen molar-refractivity contribution in [1.29, 1.82) is 0 Å². The van der Waals surface area contributed by atoms with Crippen LogP contribution in [0.15, 0.2) is 42.5 Å². The molecule has 2 amide bonds. The first-order chi connectivity index (χ1) is 13.2. The van der Waals surface area contributed by atoms with Gasteiger partial charge in [0.25, 0.3) is 5.91 Å². The maximum absolute atomic E-state index is 12.2. The van der Waals surface area contributed by atoms with Gasteiger partial charge >= 0.3 is 0 Å². The van der Waals surface area contributed by atoms with Gasteiger partial charge in [-0.15, -0.1) is 0 Å². The van der Waals surface area contributed by atoms with E-state index in [-0.39, 0.29) is 18.4 Å². The molecule has 0 saturated carbocycles. The van der Waals surface area contributed by atoms with Crippen LogP contribution in [0.25, 0.3) is 10.2 Å². The minimum absolute atomic E-state index is 0.0894. The Morgan fingerprint density at radius 1 is 1.11 bits per heavy atom. The number of carbonyl (C=O) groups is 2. The van der Waals surface area contributed by atoms with E-state index in [2.05, 4.69) is 15.6 Å². The lowest BCUT2D eigenvalue weighted by atomic mass is 9.95. The summed E-state index contributed by atoms with van der Waals surface area (Å²) in [5.74, 6) is 0.121. The third-order valence-corrected chi connectivity index (χ3v) is 4.87. The average molecular weight is 398 g/mol. The van der Waals surface area contributed by atoms with E-state index in [1.807, 2.05) is 45.9 Å². The number of nitrogens with one attached hydrogen (secondary N) is 2. The molecule has 3 rings (SSSR count). The first-order valence-corrected chi connectivity index (χ1v) is 9.74. The van der Waals surface area contributed by atoms with Gasteiger partial charge in [-0.25, -0.2) is 4.98 Å². The highest BCUT2D eigenvalue weighted by Gasteiger charge is 2.21. The van der Waals surface area contributed by atoms with Crippen molar-refractivity contribution >= 4 is 44.2 Å². The molecule has 0 unspecified atom stereocenters. The summed E-state index contributed by atoms with van der Waals surface area (Å²) in [5, 5.41) is 6.14. The van der Waals surface area contributed by atoms with Crippen LogP contribution in [0.3, 0.4) is 0 Å². The van der Waals surface area contributed by atoms with Gasteiger partial charge in [0.05, 0.1) is 10.2 Å². The zero-order valence-corrected chi connectivity index (χ0v) is 17.1. The van der Waals surface area contributed by atoms with Gasteiger partial charge in [-0.1, -0.05) is 44.2 Å². The fraction of sp³-hybridized carbons (Fsp3) is 0.286. The highest BCUT2D eigenvalue weighted by molar-refractivity contribution is 7.22. The number of thiazole rings is 1. The number of ether oxygens (including phenoxy) is 1. The van der Waals surface area contributed by atoms with Crippen LogP contribution in [-0.2, 0) is 9.59 Å². The van der Waals surface area contributed by atoms with E-state index in [0.29, 0.717) is 16.6 Å².